The number of pyridine rings is 1. The number of Topliss-reactive ketones (excluding diaryl/α,β-unsaturated/α-hetero) is 1. The van der Waals surface area contributed by atoms with E-state index in [-0.39, 0.29) is 17.9 Å². The number of aryl methyl sites for hydroxylation is 2. The number of carbonyl (C=O) groups excluding carboxylic acids is 2. The number of rotatable bonds is 8. The van der Waals surface area contributed by atoms with E-state index in [1.54, 1.807) is 30.6 Å². The van der Waals surface area contributed by atoms with Crippen molar-refractivity contribution in [3.63, 3.8) is 0 Å². The van der Waals surface area contributed by atoms with Gasteiger partial charge in [-0.2, -0.15) is 0 Å². The third kappa shape index (κ3) is 5.18. The molecular formula is C30H32N2O4. The highest BCUT2D eigenvalue weighted by Crippen LogP contribution is 2.41. The van der Waals surface area contributed by atoms with Crippen molar-refractivity contribution in [3.8, 4) is 5.75 Å². The summed E-state index contributed by atoms with van der Waals surface area (Å²) in [6.07, 6.45) is 4.22. The lowest BCUT2D eigenvalue weighted by Crippen LogP contribution is -2.29. The smallest absolute Gasteiger partial charge is 0.295 e. The highest BCUT2D eigenvalue weighted by Gasteiger charge is 2.46. The zero-order valence-electron chi connectivity index (χ0n) is 21.2. The minimum absolute atomic E-state index is 0.0899. The van der Waals surface area contributed by atoms with Crippen LogP contribution in [0.1, 0.15) is 54.6 Å². The van der Waals surface area contributed by atoms with Gasteiger partial charge in [0.1, 0.15) is 11.5 Å². The molecule has 186 valence electrons. The highest BCUT2D eigenvalue weighted by molar-refractivity contribution is 6.46. The number of ether oxygens (including phenoxy) is 1. The molecule has 0 radical (unpaired) electrons. The average molecular weight is 485 g/mol. The van der Waals surface area contributed by atoms with Gasteiger partial charge < -0.3 is 14.7 Å². The fourth-order valence-electron chi connectivity index (χ4n) is 4.41. The summed E-state index contributed by atoms with van der Waals surface area (Å²) in [5.41, 5.74) is 4.07. The maximum absolute atomic E-state index is 13.3. The van der Waals surface area contributed by atoms with E-state index in [4.69, 9.17) is 4.74 Å². The standard InChI is InChI=1S/C30H32N2O4/c1-5-21-8-10-23(11-9-21)27-26(29(34)30(35)32(27)17-22-7-6-14-31-16-22)28(33)25-13-12-24(15-20(25)4)36-18-19(2)3/h6-16,19,27,33H,5,17-18H2,1-4H3/t27-/m0/s1. The minimum Gasteiger partial charge on any atom is -0.507 e. The SMILES string of the molecule is CCc1ccc([C@H]2C(=C(O)c3ccc(OCC(C)C)cc3C)C(=O)C(=O)N2Cc2cccnc2)cc1. The molecule has 0 bridgehead atoms. The van der Waals surface area contributed by atoms with Gasteiger partial charge in [0.05, 0.1) is 18.2 Å². The topological polar surface area (TPSA) is 79.7 Å². The van der Waals surface area contributed by atoms with E-state index in [1.807, 2.05) is 43.3 Å². The molecule has 0 aliphatic carbocycles. The Hall–Kier alpha value is -3.93. The predicted octanol–water partition coefficient (Wildman–Crippen LogP) is 5.61. The van der Waals surface area contributed by atoms with Crippen LogP contribution in [0.5, 0.6) is 5.75 Å². The third-order valence-electron chi connectivity index (χ3n) is 6.36. The maximum Gasteiger partial charge on any atom is 0.295 e. The molecule has 0 unspecified atom stereocenters. The molecule has 1 aliphatic heterocycles. The van der Waals surface area contributed by atoms with Crippen molar-refractivity contribution in [3.05, 3.63) is 100 Å². The lowest BCUT2D eigenvalue weighted by atomic mass is 9.93. The van der Waals surface area contributed by atoms with Crippen LogP contribution in [0.4, 0.5) is 0 Å². The van der Waals surface area contributed by atoms with Crippen LogP contribution in [0.25, 0.3) is 5.76 Å². The number of hydrogen-bond donors (Lipinski definition) is 1. The number of aliphatic hydroxyl groups excluding tert-OH is 1. The fraction of sp³-hybridized carbons (Fsp3) is 0.300. The summed E-state index contributed by atoms with van der Waals surface area (Å²) in [6.45, 7) is 8.86. The molecule has 6 nitrogen and oxygen atoms in total. The first kappa shape index (κ1) is 25.2. The molecular weight excluding hydrogens is 452 g/mol. The van der Waals surface area contributed by atoms with Gasteiger partial charge in [-0.3, -0.25) is 14.6 Å². The monoisotopic (exact) mass is 484 g/mol. The summed E-state index contributed by atoms with van der Waals surface area (Å²) in [5.74, 6) is -0.436. The number of hydrogen-bond acceptors (Lipinski definition) is 5. The van der Waals surface area contributed by atoms with Crippen molar-refractivity contribution in [1.82, 2.24) is 9.88 Å². The van der Waals surface area contributed by atoms with Crippen molar-refractivity contribution in [2.75, 3.05) is 6.61 Å². The summed E-state index contributed by atoms with van der Waals surface area (Å²) in [4.78, 5) is 32.2. The molecule has 0 saturated carbocycles. The first-order chi connectivity index (χ1) is 17.3. The minimum atomic E-state index is -0.715. The molecule has 2 aromatic carbocycles. The first-order valence-electron chi connectivity index (χ1n) is 12.3. The highest BCUT2D eigenvalue weighted by atomic mass is 16.5. The first-order valence-corrected chi connectivity index (χ1v) is 12.3. The van der Waals surface area contributed by atoms with Crippen LogP contribution in [0, 0.1) is 12.8 Å². The molecule has 1 atom stereocenters. The normalized spacial score (nSPS) is 17.1. The number of aromatic nitrogens is 1. The largest absolute Gasteiger partial charge is 0.507 e. The molecule has 1 amide bonds. The van der Waals surface area contributed by atoms with Crippen LogP contribution >= 0.6 is 0 Å². The summed E-state index contributed by atoms with van der Waals surface area (Å²) in [5, 5.41) is 11.4. The molecule has 1 aliphatic rings. The second-order valence-electron chi connectivity index (χ2n) is 9.56. The summed E-state index contributed by atoms with van der Waals surface area (Å²) >= 11 is 0. The van der Waals surface area contributed by atoms with Gasteiger partial charge in [0.25, 0.3) is 11.7 Å². The van der Waals surface area contributed by atoms with E-state index in [2.05, 4.69) is 25.8 Å². The lowest BCUT2D eigenvalue weighted by Gasteiger charge is -2.25. The molecule has 36 heavy (non-hydrogen) atoms. The van der Waals surface area contributed by atoms with E-state index in [1.165, 1.54) is 4.90 Å². The number of carbonyl (C=O) groups is 2. The van der Waals surface area contributed by atoms with Crippen LogP contribution < -0.4 is 4.74 Å². The Labute approximate surface area is 212 Å². The van der Waals surface area contributed by atoms with Crippen molar-refractivity contribution in [2.24, 2.45) is 5.92 Å². The van der Waals surface area contributed by atoms with Gasteiger partial charge in [-0.1, -0.05) is 51.1 Å². The quantitative estimate of drug-likeness (QED) is 0.255. The molecule has 4 rings (SSSR count). The molecule has 1 N–H and O–H groups in total. The van der Waals surface area contributed by atoms with Gasteiger partial charge in [0, 0.05) is 24.5 Å². The number of amides is 1. The molecule has 1 fully saturated rings. The van der Waals surface area contributed by atoms with E-state index in [9.17, 15) is 14.7 Å². The summed E-state index contributed by atoms with van der Waals surface area (Å²) in [6, 6.07) is 16.1. The van der Waals surface area contributed by atoms with E-state index >= 15 is 0 Å². The van der Waals surface area contributed by atoms with Crippen molar-refractivity contribution in [2.45, 2.75) is 46.7 Å². The second kappa shape index (κ2) is 10.8. The third-order valence-corrected chi connectivity index (χ3v) is 6.36. The van der Waals surface area contributed by atoms with Gasteiger partial charge >= 0.3 is 0 Å². The number of aliphatic hydroxyl groups is 1. The Balaban J connectivity index is 1.79. The number of benzene rings is 2. The Kier molecular flexibility index (Phi) is 7.53. The molecule has 0 spiro atoms. The Bertz CT molecular complexity index is 1280. The molecule has 2 heterocycles. The van der Waals surface area contributed by atoms with Crippen molar-refractivity contribution in [1.29, 1.82) is 0 Å². The van der Waals surface area contributed by atoms with Crippen LogP contribution in [0.3, 0.4) is 0 Å². The van der Waals surface area contributed by atoms with Gasteiger partial charge in [0.2, 0.25) is 0 Å². The lowest BCUT2D eigenvalue weighted by molar-refractivity contribution is -0.140. The summed E-state index contributed by atoms with van der Waals surface area (Å²) in [7, 11) is 0. The molecule has 6 heteroatoms. The molecule has 3 aromatic rings. The van der Waals surface area contributed by atoms with E-state index in [0.29, 0.717) is 23.8 Å². The maximum atomic E-state index is 13.3. The van der Waals surface area contributed by atoms with Gasteiger partial charge in [-0.15, -0.1) is 0 Å². The van der Waals surface area contributed by atoms with Crippen LogP contribution in [-0.2, 0) is 22.6 Å². The van der Waals surface area contributed by atoms with Gasteiger partial charge in [-0.05, 0) is 65.8 Å². The Morgan fingerprint density at radius 2 is 1.83 bits per heavy atom. The number of ketones is 1. The van der Waals surface area contributed by atoms with Gasteiger partial charge in [-0.25, -0.2) is 0 Å². The average Bonchev–Trinajstić information content (AvgIpc) is 3.12. The van der Waals surface area contributed by atoms with Crippen LogP contribution in [0.2, 0.25) is 0 Å². The Morgan fingerprint density at radius 3 is 2.44 bits per heavy atom. The predicted molar refractivity (Wildman–Crippen MR) is 139 cm³/mol. The second-order valence-corrected chi connectivity index (χ2v) is 9.56. The van der Waals surface area contributed by atoms with E-state index < -0.39 is 17.7 Å². The Morgan fingerprint density at radius 1 is 1.08 bits per heavy atom. The number of likely N-dealkylation sites (tertiary alicyclic amines) is 1. The fourth-order valence-corrected chi connectivity index (χ4v) is 4.41. The zero-order chi connectivity index (χ0) is 25.8. The van der Waals surface area contributed by atoms with Crippen LogP contribution in [-0.4, -0.2) is 33.3 Å². The van der Waals surface area contributed by atoms with Crippen molar-refractivity contribution >= 4 is 17.4 Å². The molecule has 1 aromatic heterocycles. The zero-order valence-corrected chi connectivity index (χ0v) is 21.2. The number of nitrogens with zero attached hydrogens (tertiary/aromatic N) is 2. The van der Waals surface area contributed by atoms with E-state index in [0.717, 1.165) is 28.7 Å². The molecule has 1 saturated heterocycles. The van der Waals surface area contributed by atoms with Gasteiger partial charge in [0.15, 0.2) is 0 Å². The van der Waals surface area contributed by atoms with Crippen molar-refractivity contribution < 1.29 is 19.4 Å². The van der Waals surface area contributed by atoms with Crippen LogP contribution in [0.15, 0.2) is 72.6 Å². The summed E-state index contributed by atoms with van der Waals surface area (Å²) < 4.78 is 5.81.